The predicted molar refractivity (Wildman–Crippen MR) is 154 cm³/mol. The minimum Gasteiger partial charge on any atom is -0.443 e. The number of anilines is 2. The summed E-state index contributed by atoms with van der Waals surface area (Å²) < 4.78 is 5.71. The normalized spacial score (nSPS) is 27.0. The van der Waals surface area contributed by atoms with Gasteiger partial charge in [-0.15, -0.1) is 0 Å². The summed E-state index contributed by atoms with van der Waals surface area (Å²) in [6.07, 6.45) is 3.01. The molecule has 4 aliphatic rings. The number of nitrogens with zero attached hydrogens (tertiary/aromatic N) is 2. The van der Waals surface area contributed by atoms with Crippen LogP contribution in [0.2, 0.25) is 5.02 Å². The first-order valence-corrected chi connectivity index (χ1v) is 14.2. The number of carbonyl (C=O) groups excluding carboxylic acids is 3. The Bertz CT molecular complexity index is 1480. The molecule has 0 unspecified atom stereocenters. The maximum Gasteiger partial charge on any atom is 0.421 e. The van der Waals surface area contributed by atoms with Crippen LogP contribution in [-0.2, 0) is 25.3 Å². The molecule has 1 saturated carbocycles. The zero-order valence-electron chi connectivity index (χ0n) is 22.8. The Morgan fingerprint density at radius 2 is 1.67 bits per heavy atom. The summed E-state index contributed by atoms with van der Waals surface area (Å²) in [5.74, 6) is -0.627. The van der Waals surface area contributed by atoms with Gasteiger partial charge in [0.1, 0.15) is 11.0 Å². The minimum absolute atomic E-state index is 0.142. The van der Waals surface area contributed by atoms with Gasteiger partial charge in [0.25, 0.3) is 11.8 Å². The lowest BCUT2D eigenvalue weighted by Crippen LogP contribution is -2.62. The highest BCUT2D eigenvalue weighted by Crippen LogP contribution is 2.70. The first kappa shape index (κ1) is 26.3. The maximum absolute atomic E-state index is 14.9. The molecule has 0 radical (unpaired) electrons. The van der Waals surface area contributed by atoms with Crippen LogP contribution in [0, 0.1) is 12.3 Å². The van der Waals surface area contributed by atoms with E-state index in [0.717, 1.165) is 41.0 Å². The number of halogens is 1. The van der Waals surface area contributed by atoms with Gasteiger partial charge in [0.05, 0.1) is 10.7 Å². The molecule has 2 aromatic carbocycles. The summed E-state index contributed by atoms with van der Waals surface area (Å²) in [6.45, 7) is 7.27. The Kier molecular flexibility index (Phi) is 5.57. The Labute approximate surface area is 238 Å². The monoisotopic (exact) mass is 565 g/mol. The summed E-state index contributed by atoms with van der Waals surface area (Å²) in [6, 6.07) is 11.1. The van der Waals surface area contributed by atoms with E-state index >= 15 is 0 Å². The Hall–Kier alpha value is -2.97. The van der Waals surface area contributed by atoms with E-state index in [1.807, 2.05) is 25.1 Å². The van der Waals surface area contributed by atoms with Crippen LogP contribution in [0.15, 0.2) is 36.4 Å². The van der Waals surface area contributed by atoms with Crippen molar-refractivity contribution in [3.63, 3.8) is 0 Å². The van der Waals surface area contributed by atoms with Gasteiger partial charge >= 0.3 is 6.09 Å². The fourth-order valence-corrected chi connectivity index (χ4v) is 8.37. The van der Waals surface area contributed by atoms with Crippen LogP contribution in [0.4, 0.5) is 16.2 Å². The van der Waals surface area contributed by atoms with Crippen molar-refractivity contribution < 1.29 is 19.1 Å². The number of fused-ring (bicyclic) bond motifs is 6. The Morgan fingerprint density at radius 3 is 2.33 bits per heavy atom. The lowest BCUT2D eigenvalue weighted by atomic mass is 9.49. The van der Waals surface area contributed by atoms with E-state index in [0.29, 0.717) is 29.1 Å². The summed E-state index contributed by atoms with van der Waals surface area (Å²) >= 11 is 12.7. The highest BCUT2D eigenvalue weighted by Gasteiger charge is 2.81. The van der Waals surface area contributed by atoms with Crippen molar-refractivity contribution in [1.82, 2.24) is 5.32 Å². The Morgan fingerprint density at radius 1 is 1.00 bits per heavy atom. The molecule has 7 nitrogen and oxygen atoms in total. The van der Waals surface area contributed by atoms with Crippen LogP contribution in [0.25, 0.3) is 0 Å². The molecular formula is C30H32ClN3O4S. The van der Waals surface area contributed by atoms with Gasteiger partial charge in [-0.2, -0.15) is 0 Å². The summed E-state index contributed by atoms with van der Waals surface area (Å²) in [5, 5.41) is 3.91. The van der Waals surface area contributed by atoms with Crippen molar-refractivity contribution in [3.05, 3.63) is 58.1 Å². The number of amides is 3. The van der Waals surface area contributed by atoms with Crippen LogP contribution in [0.3, 0.4) is 0 Å². The third-order valence-corrected chi connectivity index (χ3v) is 9.67. The van der Waals surface area contributed by atoms with E-state index in [1.165, 1.54) is 0 Å². The molecule has 39 heavy (non-hydrogen) atoms. The fraction of sp³-hybridized carbons (Fsp3) is 0.467. The van der Waals surface area contributed by atoms with Crippen LogP contribution in [0.5, 0.6) is 0 Å². The fourth-order valence-electron chi connectivity index (χ4n) is 7.66. The SMILES string of the molecule is Cc1ccc2c(c1)[C@@]1(NC(=S)[C@]3(C(=O)N(C(=O)OC(C)(C)C)c4ccc(Cl)cc43)C13CCCCC3)C(=O)N2C. The maximum atomic E-state index is 14.9. The van der Waals surface area contributed by atoms with Crippen LogP contribution in [-0.4, -0.2) is 35.5 Å². The number of nitrogens with one attached hydrogen (secondary N) is 1. The zero-order valence-corrected chi connectivity index (χ0v) is 24.4. The molecule has 2 aromatic rings. The lowest BCUT2D eigenvalue weighted by Gasteiger charge is -2.50. The third kappa shape index (κ3) is 3.10. The number of imide groups is 1. The van der Waals surface area contributed by atoms with E-state index in [2.05, 4.69) is 5.32 Å². The summed E-state index contributed by atoms with van der Waals surface area (Å²) in [7, 11) is 1.77. The molecule has 9 heteroatoms. The van der Waals surface area contributed by atoms with E-state index in [-0.39, 0.29) is 10.9 Å². The minimum atomic E-state index is -1.47. The van der Waals surface area contributed by atoms with Crippen molar-refractivity contribution in [2.45, 2.75) is 76.4 Å². The topological polar surface area (TPSA) is 79.0 Å². The third-order valence-electron chi connectivity index (χ3n) is 9.03. The summed E-state index contributed by atoms with van der Waals surface area (Å²) in [4.78, 5) is 46.1. The zero-order chi connectivity index (χ0) is 28.1. The molecule has 3 aliphatic heterocycles. The average Bonchev–Trinajstić information content (AvgIpc) is 3.34. The standard InChI is InChI=1S/C30H32ClN3O4S/c1-17-9-11-21-20(15-17)30(25(36)33(21)5)28(13-7-6-8-14-28)29(23(39)32-30)19-16-18(31)10-12-22(19)34(24(29)35)26(37)38-27(2,3)4/h9-12,15-16H,6-8,13-14H2,1-5H3,(H,32,39)/t29-,30-/m1/s1. The van der Waals surface area contributed by atoms with Crippen LogP contribution >= 0.6 is 23.8 Å². The van der Waals surface area contributed by atoms with Crippen molar-refractivity contribution in [3.8, 4) is 0 Å². The van der Waals surface area contributed by atoms with Crippen molar-refractivity contribution in [2.24, 2.45) is 5.41 Å². The number of hydrogen-bond acceptors (Lipinski definition) is 5. The number of hydrogen-bond donors (Lipinski definition) is 1. The molecule has 0 aromatic heterocycles. The quantitative estimate of drug-likeness (QED) is 0.399. The molecule has 3 spiro atoms. The number of aryl methyl sites for hydroxylation is 1. The molecule has 204 valence electrons. The van der Waals surface area contributed by atoms with Gasteiger partial charge in [0, 0.05) is 34.3 Å². The number of rotatable bonds is 0. The van der Waals surface area contributed by atoms with E-state index in [4.69, 9.17) is 28.6 Å². The lowest BCUT2D eigenvalue weighted by molar-refractivity contribution is -0.135. The molecular weight excluding hydrogens is 534 g/mol. The molecule has 2 atom stereocenters. The van der Waals surface area contributed by atoms with Crippen LogP contribution < -0.4 is 15.1 Å². The van der Waals surface area contributed by atoms with Gasteiger partial charge in [0.2, 0.25) is 0 Å². The number of carbonyl (C=O) groups is 3. The Balaban J connectivity index is 1.68. The van der Waals surface area contributed by atoms with Crippen molar-refractivity contribution in [2.75, 3.05) is 16.8 Å². The first-order chi connectivity index (χ1) is 18.3. The number of likely N-dealkylation sites (N-methyl/N-ethyl adjacent to an activating group) is 1. The predicted octanol–water partition coefficient (Wildman–Crippen LogP) is 5.92. The first-order valence-electron chi connectivity index (χ1n) is 13.4. The average molecular weight is 566 g/mol. The summed E-state index contributed by atoms with van der Waals surface area (Å²) in [5.41, 5.74) is -0.946. The molecule has 1 N–H and O–H groups in total. The number of benzene rings is 2. The largest absolute Gasteiger partial charge is 0.443 e. The molecule has 2 fully saturated rings. The second-order valence-corrected chi connectivity index (χ2v) is 13.1. The highest BCUT2D eigenvalue weighted by molar-refractivity contribution is 7.80. The molecule has 3 amide bonds. The van der Waals surface area contributed by atoms with Crippen LogP contribution in [0.1, 0.15) is 69.6 Å². The van der Waals surface area contributed by atoms with Gasteiger partial charge in [-0.1, -0.05) is 60.8 Å². The van der Waals surface area contributed by atoms with Gasteiger partial charge in [0.15, 0.2) is 5.54 Å². The molecule has 0 bridgehead atoms. The van der Waals surface area contributed by atoms with E-state index in [9.17, 15) is 14.4 Å². The van der Waals surface area contributed by atoms with E-state index in [1.54, 1.807) is 50.9 Å². The molecule has 1 saturated heterocycles. The number of ether oxygens (including phenoxy) is 1. The smallest absolute Gasteiger partial charge is 0.421 e. The molecule has 3 heterocycles. The van der Waals surface area contributed by atoms with Gasteiger partial charge in [-0.05, 0) is 64.8 Å². The molecule has 6 rings (SSSR count). The number of thiocarbonyl (C=S) groups is 1. The molecule has 1 aliphatic carbocycles. The van der Waals surface area contributed by atoms with Gasteiger partial charge in [-0.3, -0.25) is 9.59 Å². The second kappa shape index (κ2) is 8.27. The second-order valence-electron chi connectivity index (χ2n) is 12.3. The van der Waals surface area contributed by atoms with Gasteiger partial charge < -0.3 is 15.0 Å². The highest BCUT2D eigenvalue weighted by atomic mass is 35.5. The van der Waals surface area contributed by atoms with Crippen molar-refractivity contribution >= 4 is 58.1 Å². The van der Waals surface area contributed by atoms with Gasteiger partial charge in [-0.25, -0.2) is 9.69 Å². The van der Waals surface area contributed by atoms with E-state index < -0.39 is 34.0 Å². The van der Waals surface area contributed by atoms with Crippen molar-refractivity contribution in [1.29, 1.82) is 0 Å².